The zero-order valence-corrected chi connectivity index (χ0v) is 20.9. The van der Waals surface area contributed by atoms with Gasteiger partial charge in [-0.2, -0.15) is 0 Å². The van der Waals surface area contributed by atoms with Crippen molar-refractivity contribution in [2.24, 2.45) is 0 Å². The lowest BCUT2D eigenvalue weighted by Gasteiger charge is -2.25. The van der Waals surface area contributed by atoms with E-state index in [-0.39, 0.29) is 5.91 Å². The molecule has 0 saturated carbocycles. The number of amides is 2. The second-order valence-corrected chi connectivity index (χ2v) is 8.65. The second kappa shape index (κ2) is 11.5. The van der Waals surface area contributed by atoms with E-state index < -0.39 is 18.1 Å². The molecular weight excluding hydrogens is 466 g/mol. The van der Waals surface area contributed by atoms with Crippen molar-refractivity contribution < 1.29 is 14.7 Å². The number of nitrogens with two attached hydrogens (primary N) is 1. The van der Waals surface area contributed by atoms with E-state index in [1.807, 2.05) is 18.2 Å². The summed E-state index contributed by atoms with van der Waals surface area (Å²) in [5.41, 5.74) is 8.47. The van der Waals surface area contributed by atoms with E-state index in [0.29, 0.717) is 22.6 Å². The van der Waals surface area contributed by atoms with Gasteiger partial charge in [0, 0.05) is 41.6 Å². The van der Waals surface area contributed by atoms with E-state index in [0.717, 1.165) is 29.5 Å². The number of nitrogens with zero attached hydrogens (tertiary/aromatic N) is 2. The number of hydrogen-bond acceptors (Lipinski definition) is 6. The number of benzene rings is 3. The Kier molecular flexibility index (Phi) is 8.00. The van der Waals surface area contributed by atoms with Gasteiger partial charge in [0.15, 0.2) is 6.10 Å². The number of nitrogen functional groups attached to an aromatic ring is 1. The number of rotatable bonds is 9. The van der Waals surface area contributed by atoms with Gasteiger partial charge >= 0.3 is 0 Å². The predicted molar refractivity (Wildman–Crippen MR) is 147 cm³/mol. The van der Waals surface area contributed by atoms with Crippen LogP contribution in [0.2, 0.25) is 0 Å². The highest BCUT2D eigenvalue weighted by atomic mass is 16.3. The van der Waals surface area contributed by atoms with Gasteiger partial charge in [-0.15, -0.1) is 0 Å². The maximum atomic E-state index is 13.1. The monoisotopic (exact) mass is 497 g/mol. The fourth-order valence-corrected chi connectivity index (χ4v) is 4.29. The molecule has 0 aliphatic rings. The summed E-state index contributed by atoms with van der Waals surface area (Å²) in [5, 5.41) is 18.2. The minimum absolute atomic E-state index is 0.388. The van der Waals surface area contributed by atoms with Crippen molar-refractivity contribution in [3.8, 4) is 0 Å². The van der Waals surface area contributed by atoms with Gasteiger partial charge in [-0.1, -0.05) is 30.3 Å². The van der Waals surface area contributed by atoms with Gasteiger partial charge < -0.3 is 26.4 Å². The van der Waals surface area contributed by atoms with Crippen molar-refractivity contribution in [1.82, 2.24) is 10.3 Å². The largest absolute Gasteiger partial charge is 0.383 e. The molecule has 0 aliphatic heterocycles. The summed E-state index contributed by atoms with van der Waals surface area (Å²) < 4.78 is 0. The topological polar surface area (TPSA) is 121 Å². The number of fused-ring (bicyclic) bond motifs is 1. The van der Waals surface area contributed by atoms with Gasteiger partial charge in [0.25, 0.3) is 11.8 Å². The molecule has 4 aromatic rings. The van der Waals surface area contributed by atoms with Gasteiger partial charge in [0.05, 0.1) is 6.04 Å². The van der Waals surface area contributed by atoms with Gasteiger partial charge in [-0.3, -0.25) is 9.59 Å². The molecule has 2 unspecified atom stereocenters. The Bertz CT molecular complexity index is 1370. The van der Waals surface area contributed by atoms with Crippen LogP contribution >= 0.6 is 0 Å². The van der Waals surface area contributed by atoms with Crippen LogP contribution in [0.25, 0.3) is 10.8 Å². The van der Waals surface area contributed by atoms with Crippen LogP contribution in [-0.4, -0.2) is 41.1 Å². The molecule has 0 spiro atoms. The molecule has 1 aromatic heterocycles. The average Bonchev–Trinajstić information content (AvgIpc) is 2.93. The molecule has 0 bridgehead atoms. The Morgan fingerprint density at radius 3 is 2.35 bits per heavy atom. The highest BCUT2D eigenvalue weighted by Gasteiger charge is 2.29. The van der Waals surface area contributed by atoms with E-state index in [2.05, 4.69) is 34.4 Å². The van der Waals surface area contributed by atoms with Crippen molar-refractivity contribution in [2.45, 2.75) is 26.0 Å². The van der Waals surface area contributed by atoms with Crippen LogP contribution in [0.3, 0.4) is 0 Å². The summed E-state index contributed by atoms with van der Waals surface area (Å²) in [5.74, 6) is -0.639. The number of nitrogens with one attached hydrogen (secondary N) is 2. The first-order valence-electron chi connectivity index (χ1n) is 12.2. The highest BCUT2D eigenvalue weighted by molar-refractivity contribution is 6.00. The Morgan fingerprint density at radius 1 is 0.973 bits per heavy atom. The van der Waals surface area contributed by atoms with Crippen LogP contribution in [-0.2, 0) is 4.79 Å². The molecule has 0 saturated heterocycles. The number of aromatic nitrogens is 1. The van der Waals surface area contributed by atoms with Gasteiger partial charge in [0.2, 0.25) is 0 Å². The lowest BCUT2D eigenvalue weighted by atomic mass is 9.99. The van der Waals surface area contributed by atoms with Gasteiger partial charge in [0.1, 0.15) is 5.82 Å². The van der Waals surface area contributed by atoms with Gasteiger partial charge in [-0.25, -0.2) is 4.98 Å². The molecule has 0 radical (unpaired) electrons. The molecule has 2 amide bonds. The van der Waals surface area contributed by atoms with Crippen molar-refractivity contribution in [3.63, 3.8) is 0 Å². The fraction of sp³-hybridized carbons (Fsp3) is 0.207. The smallest absolute Gasteiger partial charge is 0.255 e. The highest BCUT2D eigenvalue weighted by Crippen LogP contribution is 2.24. The number of aliphatic hydroxyl groups excluding tert-OH is 1. The van der Waals surface area contributed by atoms with Crippen molar-refractivity contribution in [1.29, 1.82) is 0 Å². The zero-order chi connectivity index (χ0) is 26.4. The molecule has 8 heteroatoms. The molecule has 1 heterocycles. The van der Waals surface area contributed by atoms with Crippen LogP contribution in [0.15, 0.2) is 85.1 Å². The molecule has 37 heavy (non-hydrogen) atoms. The first kappa shape index (κ1) is 25.7. The van der Waals surface area contributed by atoms with Crippen molar-refractivity contribution >= 4 is 39.8 Å². The van der Waals surface area contributed by atoms with Crippen LogP contribution < -0.4 is 21.3 Å². The molecule has 5 N–H and O–H groups in total. The number of pyridine rings is 1. The molecule has 8 nitrogen and oxygen atoms in total. The molecular formula is C29H31N5O3. The summed E-state index contributed by atoms with van der Waals surface area (Å²) in [6, 6.07) is 22.2. The minimum atomic E-state index is -1.54. The van der Waals surface area contributed by atoms with Crippen LogP contribution in [0.4, 0.5) is 17.2 Å². The van der Waals surface area contributed by atoms with E-state index in [1.165, 1.54) is 0 Å². The first-order chi connectivity index (χ1) is 17.9. The molecule has 0 fully saturated rings. The average molecular weight is 498 g/mol. The Hall–Kier alpha value is -4.43. The van der Waals surface area contributed by atoms with Crippen LogP contribution in [0, 0.1) is 0 Å². The number of anilines is 3. The summed E-state index contributed by atoms with van der Waals surface area (Å²) in [6.07, 6.45) is 0.0488. The van der Waals surface area contributed by atoms with E-state index in [1.54, 1.807) is 66.9 Å². The maximum absolute atomic E-state index is 13.1. The maximum Gasteiger partial charge on any atom is 0.255 e. The molecule has 2 atom stereocenters. The normalized spacial score (nSPS) is 12.5. The lowest BCUT2D eigenvalue weighted by molar-refractivity contribution is -0.125. The molecule has 0 aliphatic carbocycles. The third-order valence-electron chi connectivity index (χ3n) is 6.35. The van der Waals surface area contributed by atoms with Crippen molar-refractivity contribution in [2.75, 3.05) is 29.0 Å². The SMILES string of the molecule is CCN(CC)c1ccc(C(=O)NC(c2ccccc2)C(O)C(=O)Nc2ccc3c(N)nccc3c2)cc1. The Morgan fingerprint density at radius 2 is 1.68 bits per heavy atom. The third kappa shape index (κ3) is 5.87. The van der Waals surface area contributed by atoms with E-state index >= 15 is 0 Å². The summed E-state index contributed by atoms with van der Waals surface area (Å²) in [7, 11) is 0. The quantitative estimate of drug-likeness (QED) is 0.276. The van der Waals surface area contributed by atoms with Crippen LogP contribution in [0.5, 0.6) is 0 Å². The second-order valence-electron chi connectivity index (χ2n) is 8.65. The van der Waals surface area contributed by atoms with E-state index in [4.69, 9.17) is 5.73 Å². The third-order valence-corrected chi connectivity index (χ3v) is 6.35. The lowest BCUT2D eigenvalue weighted by Crippen LogP contribution is -2.42. The molecule has 3 aromatic carbocycles. The summed E-state index contributed by atoms with van der Waals surface area (Å²) in [6.45, 7) is 5.87. The summed E-state index contributed by atoms with van der Waals surface area (Å²) >= 11 is 0. The van der Waals surface area contributed by atoms with Crippen molar-refractivity contribution in [3.05, 3.63) is 96.2 Å². The Balaban J connectivity index is 1.53. The number of aliphatic hydroxyl groups is 1. The summed E-state index contributed by atoms with van der Waals surface area (Å²) in [4.78, 5) is 32.5. The standard InChI is InChI=1S/C29H31N5O3/c1-3-34(4-2)23-13-10-20(11-14-23)28(36)33-25(19-8-6-5-7-9-19)26(35)29(37)32-22-12-15-24-21(18-22)16-17-31-27(24)30/h5-18,25-26,35H,3-4H2,1-2H3,(H2,30,31)(H,32,37)(H,33,36). The zero-order valence-electron chi connectivity index (χ0n) is 20.9. The first-order valence-corrected chi connectivity index (χ1v) is 12.2. The van der Waals surface area contributed by atoms with E-state index in [9.17, 15) is 14.7 Å². The van der Waals surface area contributed by atoms with Crippen LogP contribution in [0.1, 0.15) is 35.8 Å². The number of carbonyl (C=O) groups is 2. The minimum Gasteiger partial charge on any atom is -0.383 e. The Labute approximate surface area is 216 Å². The predicted octanol–water partition coefficient (Wildman–Crippen LogP) is 4.13. The number of carbonyl (C=O) groups excluding carboxylic acids is 2. The molecule has 190 valence electrons. The van der Waals surface area contributed by atoms with Gasteiger partial charge in [-0.05, 0) is 73.3 Å². The number of hydrogen-bond donors (Lipinski definition) is 4. The fourth-order valence-electron chi connectivity index (χ4n) is 4.29. The molecule has 4 rings (SSSR count).